The van der Waals surface area contributed by atoms with E-state index in [-0.39, 0.29) is 17.9 Å². The predicted octanol–water partition coefficient (Wildman–Crippen LogP) is 1.61. The Morgan fingerprint density at radius 2 is 1.73 bits per heavy atom. The first-order valence-corrected chi connectivity index (χ1v) is 5.38. The molecule has 0 saturated carbocycles. The summed E-state index contributed by atoms with van der Waals surface area (Å²) in [4.78, 5) is 10.2. The Balaban J connectivity index is 0. The van der Waals surface area contributed by atoms with Crippen LogP contribution < -0.4 is 0 Å². The quantitative estimate of drug-likeness (QED) is 0.555. The topological polar surface area (TPSA) is 66.8 Å². The van der Waals surface area contributed by atoms with Gasteiger partial charge in [0.25, 0.3) is 0 Å². The van der Waals surface area contributed by atoms with Gasteiger partial charge in [-0.2, -0.15) is 0 Å². The average Bonchev–Trinajstić information content (AvgIpc) is 2.16. The molecule has 0 aliphatic rings. The Labute approximate surface area is 92.8 Å². The van der Waals surface area contributed by atoms with Gasteiger partial charge in [0, 0.05) is 6.92 Å². The van der Waals surface area contributed by atoms with Gasteiger partial charge in [-0.1, -0.05) is 27.2 Å². The number of carbonyl (C=O) groups is 1. The van der Waals surface area contributed by atoms with E-state index in [1.807, 2.05) is 20.8 Å². The molecule has 0 rings (SSSR count). The molecule has 0 unspecified atom stereocenters. The summed E-state index contributed by atoms with van der Waals surface area (Å²) >= 11 is 0. The molecular weight excluding hydrogens is 195 g/mol. The van der Waals surface area contributed by atoms with Crippen LogP contribution in [-0.2, 0) is 9.53 Å². The lowest BCUT2D eigenvalue weighted by Crippen LogP contribution is -2.16. The lowest BCUT2D eigenvalue weighted by atomic mass is 9.73. The second-order valence-corrected chi connectivity index (χ2v) is 3.63. The molecular formula is C10H23BO4. The average molecular weight is 218 g/mol. The van der Waals surface area contributed by atoms with Gasteiger partial charge in [0.2, 0.25) is 0 Å². The summed E-state index contributed by atoms with van der Waals surface area (Å²) < 4.78 is 4.76. The third-order valence-electron chi connectivity index (χ3n) is 2.09. The summed E-state index contributed by atoms with van der Waals surface area (Å²) in [5, 5.41) is 16.8. The summed E-state index contributed by atoms with van der Waals surface area (Å²) in [5.41, 5.74) is 0. The molecule has 0 amide bonds. The number of hydrogen-bond acceptors (Lipinski definition) is 4. The van der Waals surface area contributed by atoms with Crippen molar-refractivity contribution in [1.29, 1.82) is 0 Å². The maximum absolute atomic E-state index is 10.2. The summed E-state index contributed by atoms with van der Waals surface area (Å²) in [6.45, 7) is 9.00. The smallest absolute Gasteiger partial charge is 0.454 e. The number of ether oxygens (including phenoxy) is 1. The minimum Gasteiger partial charge on any atom is -0.463 e. The van der Waals surface area contributed by atoms with Gasteiger partial charge in [0.15, 0.2) is 0 Å². The Morgan fingerprint density at radius 3 is 1.80 bits per heavy atom. The van der Waals surface area contributed by atoms with Gasteiger partial charge in [0.1, 0.15) is 0 Å². The molecule has 0 saturated heterocycles. The molecule has 0 spiro atoms. The van der Waals surface area contributed by atoms with Crippen LogP contribution in [0.1, 0.15) is 47.5 Å². The van der Waals surface area contributed by atoms with Gasteiger partial charge >= 0.3 is 13.1 Å². The van der Waals surface area contributed by atoms with Crippen LogP contribution in [0.3, 0.4) is 0 Å². The van der Waals surface area contributed by atoms with Crippen LogP contribution in [0.4, 0.5) is 0 Å². The second kappa shape index (κ2) is 9.99. The zero-order valence-corrected chi connectivity index (χ0v) is 10.4. The lowest BCUT2D eigenvalue weighted by molar-refractivity contribution is -0.145. The molecule has 15 heavy (non-hydrogen) atoms. The minimum absolute atomic E-state index is 0.0139. The van der Waals surface area contributed by atoms with E-state index in [2.05, 4.69) is 0 Å². The van der Waals surface area contributed by atoms with Crippen molar-refractivity contribution in [2.75, 3.05) is 0 Å². The molecule has 5 heteroatoms. The van der Waals surface area contributed by atoms with Crippen LogP contribution in [0.25, 0.3) is 0 Å². The monoisotopic (exact) mass is 218 g/mol. The van der Waals surface area contributed by atoms with Crippen LogP contribution >= 0.6 is 0 Å². The van der Waals surface area contributed by atoms with Gasteiger partial charge in [0.05, 0.1) is 6.10 Å². The van der Waals surface area contributed by atoms with Crippen molar-refractivity contribution in [3.63, 3.8) is 0 Å². The maximum Gasteiger partial charge on any atom is 0.454 e. The molecule has 0 heterocycles. The molecule has 0 aromatic rings. The Kier molecular flexibility index (Phi) is 11.2. The van der Waals surface area contributed by atoms with E-state index in [1.165, 1.54) is 6.92 Å². The molecule has 2 N–H and O–H groups in total. The first-order valence-electron chi connectivity index (χ1n) is 5.38. The molecule has 0 bridgehead atoms. The summed E-state index contributed by atoms with van der Waals surface area (Å²) in [7, 11) is -1.13. The van der Waals surface area contributed by atoms with Crippen molar-refractivity contribution in [3.05, 3.63) is 0 Å². The Bertz CT molecular complexity index is 162. The standard InChI is InChI=1S/C6H12O2.C4H11BO2/c1-4-5(2)8-6(3)7;1-3-4(2)5(6)7/h5H,4H2,1-3H3;4,6-7H,3H2,1-2H3/t5-;4-/m00/s1. The van der Waals surface area contributed by atoms with E-state index in [0.29, 0.717) is 0 Å². The van der Waals surface area contributed by atoms with Gasteiger partial charge < -0.3 is 14.8 Å². The van der Waals surface area contributed by atoms with E-state index in [1.54, 1.807) is 6.92 Å². The van der Waals surface area contributed by atoms with E-state index in [4.69, 9.17) is 14.8 Å². The first-order chi connectivity index (χ1) is 6.84. The normalized spacial score (nSPS) is 13.3. The Morgan fingerprint density at radius 1 is 1.27 bits per heavy atom. The van der Waals surface area contributed by atoms with Crippen molar-refractivity contribution >= 4 is 13.1 Å². The highest BCUT2D eigenvalue weighted by Crippen LogP contribution is 2.07. The fourth-order valence-electron chi connectivity index (χ4n) is 0.577. The molecule has 0 aromatic carbocycles. The SMILES string of the molecule is CC[C@H](C)B(O)O.CC[C@H](C)OC(C)=O. The zero-order valence-electron chi connectivity index (χ0n) is 10.4. The highest BCUT2D eigenvalue weighted by molar-refractivity contribution is 6.42. The van der Waals surface area contributed by atoms with Gasteiger partial charge in [-0.25, -0.2) is 0 Å². The van der Waals surface area contributed by atoms with Crippen LogP contribution in [-0.4, -0.2) is 29.2 Å². The van der Waals surface area contributed by atoms with Crippen LogP contribution in [0.5, 0.6) is 0 Å². The van der Waals surface area contributed by atoms with Crippen molar-refractivity contribution in [1.82, 2.24) is 0 Å². The third kappa shape index (κ3) is 13.5. The summed E-state index contributed by atoms with van der Waals surface area (Å²) in [6, 6.07) is 0. The highest BCUT2D eigenvalue weighted by Gasteiger charge is 2.14. The van der Waals surface area contributed by atoms with Crippen molar-refractivity contribution in [2.24, 2.45) is 0 Å². The number of esters is 1. The second-order valence-electron chi connectivity index (χ2n) is 3.63. The van der Waals surface area contributed by atoms with Crippen molar-refractivity contribution in [3.8, 4) is 0 Å². The van der Waals surface area contributed by atoms with Crippen LogP contribution in [0.2, 0.25) is 5.82 Å². The molecule has 0 aliphatic heterocycles. The minimum atomic E-state index is -1.13. The number of rotatable bonds is 4. The summed E-state index contributed by atoms with van der Waals surface area (Å²) in [5.74, 6) is -0.181. The predicted molar refractivity (Wildman–Crippen MR) is 61.4 cm³/mol. The molecule has 90 valence electrons. The molecule has 2 atom stereocenters. The van der Waals surface area contributed by atoms with E-state index >= 15 is 0 Å². The van der Waals surface area contributed by atoms with Gasteiger partial charge in [-0.05, 0) is 19.2 Å². The molecule has 4 nitrogen and oxygen atoms in total. The first kappa shape index (κ1) is 16.9. The number of carbonyl (C=O) groups excluding carboxylic acids is 1. The fraction of sp³-hybridized carbons (Fsp3) is 0.900. The van der Waals surface area contributed by atoms with Crippen LogP contribution in [0.15, 0.2) is 0 Å². The Hall–Kier alpha value is -0.545. The van der Waals surface area contributed by atoms with E-state index in [0.717, 1.165) is 12.8 Å². The van der Waals surface area contributed by atoms with Gasteiger partial charge in [-0.3, -0.25) is 4.79 Å². The molecule has 0 aromatic heterocycles. The summed E-state index contributed by atoms with van der Waals surface area (Å²) in [6.07, 6.45) is 1.78. The highest BCUT2D eigenvalue weighted by atomic mass is 16.5. The van der Waals surface area contributed by atoms with Crippen LogP contribution in [0, 0.1) is 0 Å². The fourth-order valence-corrected chi connectivity index (χ4v) is 0.577. The molecule has 0 radical (unpaired) electrons. The van der Waals surface area contributed by atoms with Gasteiger partial charge in [-0.15, -0.1) is 0 Å². The lowest BCUT2D eigenvalue weighted by Gasteiger charge is -2.06. The maximum atomic E-state index is 10.2. The molecule has 0 fully saturated rings. The van der Waals surface area contributed by atoms with Crippen molar-refractivity contribution in [2.45, 2.75) is 59.4 Å². The number of hydrogen-bond donors (Lipinski definition) is 2. The third-order valence-corrected chi connectivity index (χ3v) is 2.09. The van der Waals surface area contributed by atoms with E-state index < -0.39 is 7.12 Å². The zero-order chi connectivity index (χ0) is 12.4. The molecule has 0 aliphatic carbocycles. The largest absolute Gasteiger partial charge is 0.463 e. The van der Waals surface area contributed by atoms with Crippen molar-refractivity contribution < 1.29 is 19.6 Å². The van der Waals surface area contributed by atoms with E-state index in [9.17, 15) is 4.79 Å².